The molecule has 1 atom stereocenters. The number of aryl methyl sites for hydroxylation is 2. The van der Waals surface area contributed by atoms with Crippen molar-refractivity contribution in [1.82, 2.24) is 15.2 Å². The van der Waals surface area contributed by atoms with Crippen LogP contribution < -0.4 is 5.32 Å². The molecule has 160 valence electrons. The van der Waals surface area contributed by atoms with Crippen molar-refractivity contribution in [2.45, 2.75) is 52.0 Å². The number of aromatic nitrogens is 1. The van der Waals surface area contributed by atoms with E-state index in [1.54, 1.807) is 0 Å². The van der Waals surface area contributed by atoms with E-state index in [1.165, 1.54) is 34.8 Å². The van der Waals surface area contributed by atoms with Gasteiger partial charge in [-0.05, 0) is 45.4 Å². The topological polar surface area (TPSA) is 59.0 Å². The molecule has 0 bridgehead atoms. The Morgan fingerprint density at radius 3 is 3.00 bits per heavy atom. The van der Waals surface area contributed by atoms with Gasteiger partial charge in [-0.2, -0.15) is 0 Å². The van der Waals surface area contributed by atoms with Gasteiger partial charge in [0.1, 0.15) is 5.01 Å². The summed E-state index contributed by atoms with van der Waals surface area (Å²) >= 11 is 1.88. The zero-order valence-electron chi connectivity index (χ0n) is 17.2. The monoisotopic (exact) mass is 522 g/mol. The van der Waals surface area contributed by atoms with Crippen molar-refractivity contribution in [3.63, 3.8) is 0 Å². The first kappa shape index (κ1) is 23.8. The van der Waals surface area contributed by atoms with Crippen molar-refractivity contribution in [3.8, 4) is 0 Å². The number of nitrogens with zero attached hydrogens (tertiary/aromatic N) is 3. The van der Waals surface area contributed by atoms with E-state index in [-0.39, 0.29) is 24.0 Å². The summed E-state index contributed by atoms with van der Waals surface area (Å²) in [6.07, 6.45) is 7.03. The van der Waals surface area contributed by atoms with Crippen LogP contribution >= 0.6 is 35.3 Å². The van der Waals surface area contributed by atoms with Gasteiger partial charge in [-0.15, -0.1) is 35.3 Å². The lowest BCUT2D eigenvalue weighted by Gasteiger charge is -2.21. The molecule has 6 nitrogen and oxygen atoms in total. The van der Waals surface area contributed by atoms with E-state index < -0.39 is 0 Å². The van der Waals surface area contributed by atoms with Gasteiger partial charge in [0.05, 0.1) is 25.5 Å². The van der Waals surface area contributed by atoms with E-state index in [0.717, 1.165) is 71.3 Å². The van der Waals surface area contributed by atoms with Gasteiger partial charge < -0.3 is 19.7 Å². The van der Waals surface area contributed by atoms with Gasteiger partial charge in [0.25, 0.3) is 0 Å². The average Bonchev–Trinajstić information content (AvgIpc) is 3.32. The largest absolute Gasteiger partial charge is 0.381 e. The molecule has 1 aromatic rings. The molecule has 0 amide bonds. The predicted molar refractivity (Wildman–Crippen MR) is 126 cm³/mol. The normalized spacial score (nSPS) is 19.2. The summed E-state index contributed by atoms with van der Waals surface area (Å²) in [5, 5.41) is 4.60. The van der Waals surface area contributed by atoms with Crippen LogP contribution in [0.4, 0.5) is 0 Å². The molecule has 2 aliphatic rings. The number of thiazole rings is 1. The number of guanidine groups is 1. The minimum Gasteiger partial charge on any atom is -0.381 e. The van der Waals surface area contributed by atoms with Crippen LogP contribution in [0.25, 0.3) is 0 Å². The van der Waals surface area contributed by atoms with Crippen LogP contribution in [0.15, 0.2) is 4.99 Å². The van der Waals surface area contributed by atoms with E-state index in [9.17, 15) is 0 Å². The third-order valence-corrected chi connectivity index (χ3v) is 6.19. The third-order valence-electron chi connectivity index (χ3n) is 5.04. The molecule has 0 spiro atoms. The highest BCUT2D eigenvalue weighted by atomic mass is 127. The zero-order chi connectivity index (χ0) is 18.9. The lowest BCUT2D eigenvalue weighted by atomic mass is 10.0. The van der Waals surface area contributed by atoms with Gasteiger partial charge >= 0.3 is 0 Å². The lowest BCUT2D eigenvalue weighted by Crippen LogP contribution is -2.38. The predicted octanol–water partition coefficient (Wildman–Crippen LogP) is 3.48. The van der Waals surface area contributed by atoms with Gasteiger partial charge in [0.2, 0.25) is 0 Å². The molecule has 1 aromatic heterocycles. The van der Waals surface area contributed by atoms with E-state index in [4.69, 9.17) is 19.5 Å². The van der Waals surface area contributed by atoms with Crippen LogP contribution in [-0.4, -0.2) is 62.4 Å². The number of aliphatic imine (C=N–C) groups is 1. The molecule has 1 aliphatic carbocycles. The van der Waals surface area contributed by atoms with Gasteiger partial charge in [-0.25, -0.2) is 4.98 Å². The first-order valence-electron chi connectivity index (χ1n) is 10.4. The zero-order valence-corrected chi connectivity index (χ0v) is 20.4. The molecule has 1 N–H and O–H groups in total. The van der Waals surface area contributed by atoms with Crippen LogP contribution in [0, 0.1) is 5.92 Å². The minimum atomic E-state index is 0. The number of fused-ring (bicyclic) bond motifs is 1. The van der Waals surface area contributed by atoms with E-state index >= 15 is 0 Å². The summed E-state index contributed by atoms with van der Waals surface area (Å²) in [4.78, 5) is 13.3. The second-order valence-electron chi connectivity index (χ2n) is 7.43. The summed E-state index contributed by atoms with van der Waals surface area (Å²) in [6, 6.07) is 0. The van der Waals surface area contributed by atoms with Crippen LogP contribution in [0.3, 0.4) is 0 Å². The van der Waals surface area contributed by atoms with Crippen molar-refractivity contribution in [2.75, 3.05) is 46.6 Å². The Bertz CT molecular complexity index is 582. The Labute approximate surface area is 190 Å². The van der Waals surface area contributed by atoms with Crippen molar-refractivity contribution < 1.29 is 9.47 Å². The Hall–Kier alpha value is -0.450. The fourth-order valence-electron chi connectivity index (χ4n) is 3.54. The second-order valence-corrected chi connectivity index (χ2v) is 8.60. The van der Waals surface area contributed by atoms with Crippen molar-refractivity contribution in [1.29, 1.82) is 0 Å². The molecule has 1 unspecified atom stereocenters. The number of halogens is 1. The molecule has 2 heterocycles. The maximum Gasteiger partial charge on any atom is 0.194 e. The molecule has 1 fully saturated rings. The highest BCUT2D eigenvalue weighted by Crippen LogP contribution is 2.27. The van der Waals surface area contributed by atoms with E-state index in [0.29, 0.717) is 5.92 Å². The maximum absolute atomic E-state index is 5.77. The average molecular weight is 522 g/mol. The summed E-state index contributed by atoms with van der Waals surface area (Å²) < 4.78 is 11.1. The molecular weight excluding hydrogens is 487 g/mol. The lowest BCUT2D eigenvalue weighted by molar-refractivity contribution is 0.0893. The van der Waals surface area contributed by atoms with Crippen LogP contribution in [0.5, 0.6) is 0 Å². The van der Waals surface area contributed by atoms with Gasteiger partial charge in [0, 0.05) is 44.1 Å². The number of hydrogen-bond acceptors (Lipinski definition) is 5. The summed E-state index contributed by atoms with van der Waals surface area (Å²) in [5.41, 5.74) is 1.33. The highest BCUT2D eigenvalue weighted by Gasteiger charge is 2.17. The maximum atomic E-state index is 5.77. The van der Waals surface area contributed by atoms with Crippen molar-refractivity contribution in [2.24, 2.45) is 10.9 Å². The molecule has 1 saturated heterocycles. The van der Waals surface area contributed by atoms with Crippen LogP contribution in [-0.2, 0) is 28.9 Å². The van der Waals surface area contributed by atoms with Crippen LogP contribution in [0.2, 0.25) is 0 Å². The molecule has 0 saturated carbocycles. The molecule has 3 rings (SSSR count). The molecule has 0 radical (unpaired) electrons. The molecule has 28 heavy (non-hydrogen) atoms. The smallest absolute Gasteiger partial charge is 0.194 e. The van der Waals surface area contributed by atoms with Gasteiger partial charge in [-0.1, -0.05) is 0 Å². The highest BCUT2D eigenvalue weighted by molar-refractivity contribution is 14.0. The summed E-state index contributed by atoms with van der Waals surface area (Å²) in [7, 11) is 2.10. The number of hydrogen-bond donors (Lipinski definition) is 1. The van der Waals surface area contributed by atoms with Crippen LogP contribution in [0.1, 0.15) is 48.2 Å². The van der Waals surface area contributed by atoms with Crippen molar-refractivity contribution >= 4 is 41.3 Å². The standard InChI is InChI=1S/C20H34N4O2S.HI/c1-3-21-20(22-10-6-11-25-14-16-9-12-26-15-16)24(2)13-19-23-17-7-4-5-8-18(17)27-19;/h16H,3-15H2,1-2H3,(H,21,22);1H. The first-order chi connectivity index (χ1) is 13.3. The molecule has 1 aliphatic heterocycles. The Balaban J connectivity index is 0.00000280. The Morgan fingerprint density at radius 2 is 2.25 bits per heavy atom. The van der Waals surface area contributed by atoms with E-state index in [2.05, 4.69) is 24.2 Å². The summed E-state index contributed by atoms with van der Waals surface area (Å²) in [6.45, 7) is 7.91. The number of rotatable bonds is 9. The Morgan fingerprint density at radius 1 is 1.39 bits per heavy atom. The fraction of sp³-hybridized carbons (Fsp3) is 0.800. The SMILES string of the molecule is CCNC(=NCCCOCC1CCOC1)N(C)Cc1nc2c(s1)CCCC2.I. The van der Waals surface area contributed by atoms with Gasteiger partial charge in [0.15, 0.2) is 5.96 Å². The minimum absolute atomic E-state index is 0. The molecule has 0 aromatic carbocycles. The first-order valence-corrected chi connectivity index (χ1v) is 11.2. The molecular formula is C20H35IN4O2S. The van der Waals surface area contributed by atoms with E-state index in [1.807, 2.05) is 11.3 Å². The quantitative estimate of drug-likeness (QED) is 0.233. The summed E-state index contributed by atoms with van der Waals surface area (Å²) in [5.74, 6) is 1.54. The van der Waals surface area contributed by atoms with Gasteiger partial charge in [-0.3, -0.25) is 4.99 Å². The molecule has 8 heteroatoms. The fourth-order valence-corrected chi connectivity index (χ4v) is 4.75. The van der Waals surface area contributed by atoms with Crippen molar-refractivity contribution in [3.05, 3.63) is 15.6 Å². The number of ether oxygens (including phenoxy) is 2. The number of nitrogens with one attached hydrogen (secondary N) is 1. The second kappa shape index (κ2) is 13.0. The Kier molecular flexibility index (Phi) is 11.0. The third kappa shape index (κ3) is 7.42.